The van der Waals surface area contributed by atoms with Gasteiger partial charge < -0.3 is 10.2 Å². The lowest BCUT2D eigenvalue weighted by Gasteiger charge is -2.08. The molecule has 1 unspecified atom stereocenters. The zero-order valence-electron chi connectivity index (χ0n) is 5.13. The normalized spacial score (nSPS) is 26.2. The predicted octanol–water partition coefficient (Wildman–Crippen LogP) is 1.17. The minimum Gasteiger partial charge on any atom is -0.305 e. The summed E-state index contributed by atoms with van der Waals surface area (Å²) in [6.07, 6.45) is 6.00. The Balaban J connectivity index is 2.57. The maximum Gasteiger partial charge on any atom is 0.126 e. The minimum absolute atomic E-state index is 0.0686. The van der Waals surface area contributed by atoms with Crippen LogP contribution in [0.25, 0.3) is 0 Å². The van der Waals surface area contributed by atoms with Crippen LogP contribution in [0.15, 0.2) is 12.2 Å². The van der Waals surface area contributed by atoms with Gasteiger partial charge in [0, 0.05) is 11.6 Å². The molecule has 1 aliphatic rings. The standard InChI is InChI=1S/C7H9NO/c8-7-3-1-6(5-9)2-4-7/h1,3,5-6,8H,2,4H2. The van der Waals surface area contributed by atoms with Gasteiger partial charge in [0.15, 0.2) is 0 Å². The summed E-state index contributed by atoms with van der Waals surface area (Å²) in [5, 5.41) is 7.15. The van der Waals surface area contributed by atoms with Crippen LogP contribution in [0.3, 0.4) is 0 Å². The molecule has 0 aliphatic heterocycles. The van der Waals surface area contributed by atoms with Crippen LogP contribution in [0.1, 0.15) is 12.8 Å². The number of hydrogen-bond acceptors (Lipinski definition) is 2. The van der Waals surface area contributed by atoms with Gasteiger partial charge in [-0.3, -0.25) is 0 Å². The quantitative estimate of drug-likeness (QED) is 0.522. The van der Waals surface area contributed by atoms with Gasteiger partial charge in [0.1, 0.15) is 6.29 Å². The Labute approximate surface area is 54.1 Å². The van der Waals surface area contributed by atoms with Gasteiger partial charge in [-0.05, 0) is 18.9 Å². The molecule has 0 aromatic heterocycles. The molecule has 0 aromatic carbocycles. The van der Waals surface area contributed by atoms with E-state index in [2.05, 4.69) is 0 Å². The first-order valence-electron chi connectivity index (χ1n) is 3.04. The molecule has 0 aromatic rings. The average Bonchev–Trinajstić information content (AvgIpc) is 1.90. The second-order valence-corrected chi connectivity index (χ2v) is 2.22. The highest BCUT2D eigenvalue weighted by Gasteiger charge is 2.08. The van der Waals surface area contributed by atoms with Crippen LogP contribution in [0.2, 0.25) is 0 Å². The second kappa shape index (κ2) is 2.58. The van der Waals surface area contributed by atoms with E-state index in [0.29, 0.717) is 5.71 Å². The van der Waals surface area contributed by atoms with Gasteiger partial charge in [-0.15, -0.1) is 0 Å². The Bertz CT molecular complexity index is 160. The van der Waals surface area contributed by atoms with Crippen LogP contribution in [-0.4, -0.2) is 12.0 Å². The maximum absolute atomic E-state index is 10.1. The van der Waals surface area contributed by atoms with E-state index in [4.69, 9.17) is 5.41 Å². The third kappa shape index (κ3) is 1.49. The smallest absolute Gasteiger partial charge is 0.126 e. The lowest BCUT2D eigenvalue weighted by Crippen LogP contribution is -2.07. The van der Waals surface area contributed by atoms with Crippen LogP contribution >= 0.6 is 0 Å². The summed E-state index contributed by atoms with van der Waals surface area (Å²) in [5.74, 6) is 0.0686. The van der Waals surface area contributed by atoms with E-state index in [-0.39, 0.29) is 5.92 Å². The summed E-state index contributed by atoms with van der Waals surface area (Å²) in [7, 11) is 0. The molecule has 2 nitrogen and oxygen atoms in total. The van der Waals surface area contributed by atoms with E-state index in [0.717, 1.165) is 19.1 Å². The average molecular weight is 123 g/mol. The second-order valence-electron chi connectivity index (χ2n) is 2.22. The van der Waals surface area contributed by atoms with Crippen LogP contribution in [0.4, 0.5) is 0 Å². The zero-order chi connectivity index (χ0) is 6.69. The van der Waals surface area contributed by atoms with Gasteiger partial charge in [0.25, 0.3) is 0 Å². The molecule has 1 rings (SSSR count). The highest BCUT2D eigenvalue weighted by atomic mass is 16.1. The first-order chi connectivity index (χ1) is 4.33. The Morgan fingerprint density at radius 3 is 3.00 bits per heavy atom. The van der Waals surface area contributed by atoms with Gasteiger partial charge in [0.2, 0.25) is 0 Å². The van der Waals surface area contributed by atoms with Crippen LogP contribution < -0.4 is 0 Å². The molecule has 1 atom stereocenters. The summed E-state index contributed by atoms with van der Waals surface area (Å²) in [5.41, 5.74) is 0.633. The van der Waals surface area contributed by atoms with Crippen molar-refractivity contribution in [3.63, 3.8) is 0 Å². The van der Waals surface area contributed by atoms with Gasteiger partial charge in [0.05, 0.1) is 0 Å². The van der Waals surface area contributed by atoms with Gasteiger partial charge >= 0.3 is 0 Å². The number of rotatable bonds is 1. The van der Waals surface area contributed by atoms with E-state index in [9.17, 15) is 4.79 Å². The largest absolute Gasteiger partial charge is 0.305 e. The molecule has 0 radical (unpaired) electrons. The molecule has 9 heavy (non-hydrogen) atoms. The van der Waals surface area contributed by atoms with Crippen molar-refractivity contribution in [2.75, 3.05) is 0 Å². The first kappa shape index (κ1) is 6.20. The molecule has 0 bridgehead atoms. The molecule has 1 N–H and O–H groups in total. The van der Waals surface area contributed by atoms with E-state index in [1.807, 2.05) is 0 Å². The van der Waals surface area contributed by atoms with E-state index in [1.54, 1.807) is 12.2 Å². The van der Waals surface area contributed by atoms with Gasteiger partial charge in [-0.2, -0.15) is 0 Å². The minimum atomic E-state index is 0.0686. The van der Waals surface area contributed by atoms with Crippen molar-refractivity contribution in [1.82, 2.24) is 0 Å². The SMILES string of the molecule is N=C1C=CC(C=O)CC1. The van der Waals surface area contributed by atoms with Crippen molar-refractivity contribution in [2.24, 2.45) is 5.92 Å². The third-order valence-electron chi connectivity index (χ3n) is 1.47. The highest BCUT2D eigenvalue weighted by molar-refractivity contribution is 5.93. The van der Waals surface area contributed by atoms with Gasteiger partial charge in [-0.25, -0.2) is 0 Å². The Hall–Kier alpha value is -0.920. The van der Waals surface area contributed by atoms with Crippen LogP contribution in [0.5, 0.6) is 0 Å². The first-order valence-corrected chi connectivity index (χ1v) is 3.04. The van der Waals surface area contributed by atoms with Crippen LogP contribution in [-0.2, 0) is 4.79 Å². The lowest BCUT2D eigenvalue weighted by molar-refractivity contribution is -0.110. The fourth-order valence-corrected chi connectivity index (χ4v) is 0.855. The maximum atomic E-state index is 10.1. The van der Waals surface area contributed by atoms with Crippen molar-refractivity contribution in [3.05, 3.63) is 12.2 Å². The van der Waals surface area contributed by atoms with Crippen molar-refractivity contribution < 1.29 is 4.79 Å². The molecular weight excluding hydrogens is 114 g/mol. The molecule has 0 spiro atoms. The number of carbonyl (C=O) groups excluding carboxylic acids is 1. The van der Waals surface area contributed by atoms with E-state index in [1.165, 1.54) is 0 Å². The molecular formula is C7H9NO. The summed E-state index contributed by atoms with van der Waals surface area (Å²) < 4.78 is 0. The highest BCUT2D eigenvalue weighted by Crippen LogP contribution is 2.11. The van der Waals surface area contributed by atoms with Crippen molar-refractivity contribution in [3.8, 4) is 0 Å². The molecule has 0 saturated carbocycles. The fraction of sp³-hybridized carbons (Fsp3) is 0.429. The number of nitrogens with one attached hydrogen (secondary N) is 1. The summed E-state index contributed by atoms with van der Waals surface area (Å²) in [4.78, 5) is 10.1. The topological polar surface area (TPSA) is 40.9 Å². The van der Waals surface area contributed by atoms with Crippen molar-refractivity contribution >= 4 is 12.0 Å². The molecule has 0 heterocycles. The Morgan fingerprint density at radius 2 is 2.56 bits per heavy atom. The monoisotopic (exact) mass is 123 g/mol. The number of allylic oxidation sites excluding steroid dienone is 2. The summed E-state index contributed by atoms with van der Waals surface area (Å²) in [6.45, 7) is 0. The molecule has 48 valence electrons. The molecule has 1 aliphatic carbocycles. The third-order valence-corrected chi connectivity index (χ3v) is 1.47. The van der Waals surface area contributed by atoms with E-state index < -0.39 is 0 Å². The van der Waals surface area contributed by atoms with Crippen molar-refractivity contribution in [2.45, 2.75) is 12.8 Å². The molecule has 0 saturated heterocycles. The zero-order valence-corrected chi connectivity index (χ0v) is 5.13. The Morgan fingerprint density at radius 1 is 1.78 bits per heavy atom. The van der Waals surface area contributed by atoms with E-state index >= 15 is 0 Å². The Kier molecular flexibility index (Phi) is 1.78. The van der Waals surface area contributed by atoms with Gasteiger partial charge in [-0.1, -0.05) is 6.08 Å². The number of carbonyl (C=O) groups is 1. The number of hydrogen-bond donors (Lipinski definition) is 1. The summed E-state index contributed by atoms with van der Waals surface area (Å²) in [6, 6.07) is 0. The van der Waals surface area contributed by atoms with Crippen molar-refractivity contribution in [1.29, 1.82) is 5.41 Å². The fourth-order valence-electron chi connectivity index (χ4n) is 0.855. The molecule has 2 heteroatoms. The van der Waals surface area contributed by atoms with Crippen LogP contribution in [0, 0.1) is 11.3 Å². The summed E-state index contributed by atoms with van der Waals surface area (Å²) >= 11 is 0. The number of aldehydes is 1. The molecule has 0 amide bonds. The lowest BCUT2D eigenvalue weighted by atomic mass is 9.96. The molecule has 0 fully saturated rings. The predicted molar refractivity (Wildman–Crippen MR) is 35.7 cm³/mol.